The Morgan fingerprint density at radius 2 is 1.27 bits per heavy atom. The molecule has 0 unspecified atom stereocenters. The molecule has 2 aromatic carbocycles. The van der Waals surface area contributed by atoms with Gasteiger partial charge in [0.1, 0.15) is 5.82 Å². The summed E-state index contributed by atoms with van der Waals surface area (Å²) in [5, 5.41) is 10.5. The number of rotatable bonds is 3. The molecule has 0 spiro atoms. The first-order chi connectivity index (χ1) is 14.4. The monoisotopic (exact) mass is 415 g/mol. The molecule has 0 atom stereocenters. The summed E-state index contributed by atoms with van der Waals surface area (Å²) in [7, 11) is 4.20. The Morgan fingerprint density at radius 1 is 0.767 bits per heavy atom. The van der Waals surface area contributed by atoms with E-state index in [0.717, 1.165) is 63.7 Å². The number of benzene rings is 2. The molecule has 0 saturated carbocycles. The molecule has 0 N–H and O–H groups in total. The first kappa shape index (κ1) is 22.0. The second-order valence-corrected chi connectivity index (χ2v) is 7.81. The molecule has 0 aromatic heterocycles. The summed E-state index contributed by atoms with van der Waals surface area (Å²) < 4.78 is 13.4. The number of nitro benzene ring substituents is 1. The first-order valence-corrected chi connectivity index (χ1v) is 10.3. The predicted molar refractivity (Wildman–Crippen MR) is 119 cm³/mol. The number of hydrogen-bond donors (Lipinski definition) is 0. The topological polar surface area (TPSA) is 56.1 Å². The summed E-state index contributed by atoms with van der Waals surface area (Å²) >= 11 is 0. The van der Waals surface area contributed by atoms with E-state index in [9.17, 15) is 14.5 Å². The molecule has 0 amide bonds. The highest BCUT2D eigenvalue weighted by molar-refractivity contribution is 5.51. The third-order valence-corrected chi connectivity index (χ3v) is 5.63. The second-order valence-electron chi connectivity index (χ2n) is 7.81. The lowest BCUT2D eigenvalue weighted by Crippen LogP contribution is -2.44. The highest BCUT2D eigenvalue weighted by atomic mass is 19.1. The third-order valence-electron chi connectivity index (χ3n) is 5.63. The number of non-ortho nitro benzene ring substituents is 1. The fraction of sp³-hybridized carbons (Fsp3) is 0.455. The Kier molecular flexibility index (Phi) is 7.59. The van der Waals surface area contributed by atoms with Crippen molar-refractivity contribution < 1.29 is 9.31 Å². The SMILES string of the molecule is CN1CCN(c2ccc([N+](=O)[O-])cc2)CC1.CN1CCN(c2ccccc2F)CC1. The molecular weight excluding hydrogens is 385 g/mol. The van der Waals surface area contributed by atoms with Crippen molar-refractivity contribution in [3.8, 4) is 0 Å². The molecule has 30 heavy (non-hydrogen) atoms. The van der Waals surface area contributed by atoms with Gasteiger partial charge in [-0.3, -0.25) is 10.1 Å². The number of para-hydroxylation sites is 1. The van der Waals surface area contributed by atoms with Crippen molar-refractivity contribution in [1.29, 1.82) is 0 Å². The maximum absolute atomic E-state index is 13.4. The van der Waals surface area contributed by atoms with Crippen molar-refractivity contribution >= 4 is 17.1 Å². The van der Waals surface area contributed by atoms with Gasteiger partial charge in [0, 0.05) is 70.2 Å². The van der Waals surface area contributed by atoms with Crippen molar-refractivity contribution in [2.24, 2.45) is 0 Å². The van der Waals surface area contributed by atoms with E-state index in [1.165, 1.54) is 6.07 Å². The molecule has 4 rings (SSSR count). The normalized spacial score (nSPS) is 18.0. The summed E-state index contributed by atoms with van der Waals surface area (Å²) in [6.07, 6.45) is 0. The summed E-state index contributed by atoms with van der Waals surface area (Å²) in [5.41, 5.74) is 1.96. The summed E-state index contributed by atoms with van der Waals surface area (Å²) in [4.78, 5) is 19.1. The molecule has 2 fully saturated rings. The molecule has 7 nitrogen and oxygen atoms in total. The number of likely N-dealkylation sites (N-methyl/N-ethyl adjacent to an activating group) is 2. The predicted octanol–water partition coefficient (Wildman–Crippen LogP) is 2.92. The smallest absolute Gasteiger partial charge is 0.269 e. The highest BCUT2D eigenvalue weighted by Crippen LogP contribution is 2.21. The van der Waals surface area contributed by atoms with Crippen molar-refractivity contribution in [2.45, 2.75) is 0 Å². The molecule has 8 heteroatoms. The number of hydrogen-bond acceptors (Lipinski definition) is 6. The van der Waals surface area contributed by atoms with Gasteiger partial charge in [-0.25, -0.2) is 4.39 Å². The molecular formula is C22H30FN5O2. The minimum Gasteiger partial charge on any atom is -0.369 e. The van der Waals surface area contributed by atoms with Gasteiger partial charge in [-0.1, -0.05) is 12.1 Å². The Balaban J connectivity index is 0.000000172. The van der Waals surface area contributed by atoms with Crippen LogP contribution in [-0.2, 0) is 0 Å². The van der Waals surface area contributed by atoms with E-state index in [1.54, 1.807) is 18.2 Å². The van der Waals surface area contributed by atoms with Crippen molar-refractivity contribution in [3.63, 3.8) is 0 Å². The fourth-order valence-corrected chi connectivity index (χ4v) is 3.61. The Morgan fingerprint density at radius 3 is 1.77 bits per heavy atom. The van der Waals surface area contributed by atoms with Crippen molar-refractivity contribution in [2.75, 3.05) is 76.3 Å². The molecule has 0 bridgehead atoms. The highest BCUT2D eigenvalue weighted by Gasteiger charge is 2.16. The molecule has 2 heterocycles. The van der Waals surface area contributed by atoms with Gasteiger partial charge in [-0.05, 0) is 38.4 Å². The first-order valence-electron chi connectivity index (χ1n) is 10.3. The molecule has 0 radical (unpaired) electrons. The van der Waals surface area contributed by atoms with Crippen LogP contribution in [0, 0.1) is 15.9 Å². The van der Waals surface area contributed by atoms with E-state index in [2.05, 4.69) is 33.7 Å². The summed E-state index contributed by atoms with van der Waals surface area (Å²) in [6, 6.07) is 13.8. The maximum Gasteiger partial charge on any atom is 0.269 e. The molecule has 2 aliphatic heterocycles. The maximum atomic E-state index is 13.4. The van der Waals surface area contributed by atoms with Gasteiger partial charge in [0.15, 0.2) is 0 Å². The van der Waals surface area contributed by atoms with Gasteiger partial charge < -0.3 is 19.6 Å². The van der Waals surface area contributed by atoms with Crippen LogP contribution in [0.15, 0.2) is 48.5 Å². The van der Waals surface area contributed by atoms with Crippen LogP contribution in [0.1, 0.15) is 0 Å². The van der Waals surface area contributed by atoms with E-state index >= 15 is 0 Å². The van der Waals surface area contributed by atoms with Crippen LogP contribution in [0.25, 0.3) is 0 Å². The zero-order valence-electron chi connectivity index (χ0n) is 17.7. The summed E-state index contributed by atoms with van der Waals surface area (Å²) in [6.45, 7) is 7.88. The average Bonchev–Trinajstić information content (AvgIpc) is 2.76. The number of piperazine rings is 2. The minimum absolute atomic E-state index is 0.114. The Hall–Kier alpha value is -2.71. The third kappa shape index (κ3) is 5.90. The van der Waals surface area contributed by atoms with Gasteiger partial charge in [0.05, 0.1) is 10.6 Å². The van der Waals surface area contributed by atoms with E-state index in [-0.39, 0.29) is 16.4 Å². The van der Waals surface area contributed by atoms with Gasteiger partial charge in [-0.15, -0.1) is 0 Å². The van der Waals surface area contributed by atoms with Gasteiger partial charge >= 0.3 is 0 Å². The molecule has 2 aliphatic rings. The largest absolute Gasteiger partial charge is 0.369 e. The second kappa shape index (κ2) is 10.4. The van der Waals surface area contributed by atoms with Crippen molar-refractivity contribution in [3.05, 3.63) is 64.5 Å². The van der Waals surface area contributed by atoms with Crippen LogP contribution in [0.5, 0.6) is 0 Å². The average molecular weight is 416 g/mol. The van der Waals surface area contributed by atoms with Gasteiger partial charge in [0.2, 0.25) is 0 Å². The number of nitro groups is 1. The van der Waals surface area contributed by atoms with Gasteiger partial charge in [-0.2, -0.15) is 0 Å². The van der Waals surface area contributed by atoms with Crippen LogP contribution in [-0.4, -0.2) is 81.2 Å². The molecule has 0 aliphatic carbocycles. The molecule has 2 aromatic rings. The van der Waals surface area contributed by atoms with Gasteiger partial charge in [0.25, 0.3) is 5.69 Å². The standard InChI is InChI=1S/C11H15FN2.C11H15N3O2/c1-13-6-8-14(9-7-13)11-5-3-2-4-10(11)12;1-12-6-8-13(9-7-12)10-2-4-11(5-3-10)14(15)16/h2-5H,6-9H2,1H3;2-5H,6-9H2,1H3. The Labute approximate surface area is 177 Å². The fourth-order valence-electron chi connectivity index (χ4n) is 3.61. The van der Waals surface area contributed by atoms with Crippen LogP contribution in [0.3, 0.4) is 0 Å². The lowest BCUT2D eigenvalue weighted by Gasteiger charge is -2.34. The van der Waals surface area contributed by atoms with Crippen molar-refractivity contribution in [1.82, 2.24) is 9.80 Å². The zero-order valence-corrected chi connectivity index (χ0v) is 17.7. The minimum atomic E-state index is -0.367. The number of halogens is 1. The molecule has 162 valence electrons. The summed E-state index contributed by atoms with van der Waals surface area (Å²) in [5.74, 6) is -0.114. The van der Waals surface area contributed by atoms with Crippen LogP contribution >= 0.6 is 0 Å². The van der Waals surface area contributed by atoms with E-state index in [1.807, 2.05) is 24.3 Å². The van der Waals surface area contributed by atoms with Crippen LogP contribution in [0.4, 0.5) is 21.5 Å². The van der Waals surface area contributed by atoms with E-state index in [0.29, 0.717) is 0 Å². The number of nitrogens with zero attached hydrogens (tertiary/aromatic N) is 5. The zero-order chi connectivity index (χ0) is 21.5. The van der Waals surface area contributed by atoms with Crippen LogP contribution in [0.2, 0.25) is 0 Å². The Bertz CT molecular complexity index is 817. The van der Waals surface area contributed by atoms with Crippen LogP contribution < -0.4 is 9.80 Å². The van der Waals surface area contributed by atoms with E-state index < -0.39 is 0 Å². The number of anilines is 2. The quantitative estimate of drug-likeness (QED) is 0.568. The van der Waals surface area contributed by atoms with E-state index in [4.69, 9.17) is 0 Å². The molecule has 2 saturated heterocycles. The lowest BCUT2D eigenvalue weighted by molar-refractivity contribution is -0.384. The lowest BCUT2D eigenvalue weighted by atomic mass is 10.2.